The summed E-state index contributed by atoms with van der Waals surface area (Å²) in [5.74, 6) is -2.38. The highest BCUT2D eigenvalue weighted by Gasteiger charge is 2.17. The summed E-state index contributed by atoms with van der Waals surface area (Å²) >= 11 is 0. The summed E-state index contributed by atoms with van der Waals surface area (Å²) in [5.41, 5.74) is 1.14. The van der Waals surface area contributed by atoms with Crippen LogP contribution in [0, 0.1) is 0 Å². The van der Waals surface area contributed by atoms with E-state index in [0.29, 0.717) is 0 Å². The zero-order valence-electron chi connectivity index (χ0n) is 14.0. The summed E-state index contributed by atoms with van der Waals surface area (Å²) in [6.45, 7) is 2.91. The molecule has 0 aliphatic heterocycles. The number of ketones is 1. The van der Waals surface area contributed by atoms with Crippen molar-refractivity contribution < 1.29 is 33.6 Å². The van der Waals surface area contributed by atoms with Crippen molar-refractivity contribution in [3.8, 4) is 0 Å². The summed E-state index contributed by atoms with van der Waals surface area (Å²) in [6.07, 6.45) is 2.91. The minimum atomic E-state index is -0.989. The van der Waals surface area contributed by atoms with E-state index in [4.69, 9.17) is 4.74 Å². The van der Waals surface area contributed by atoms with Crippen molar-refractivity contribution >= 4 is 23.4 Å². The fourth-order valence-electron chi connectivity index (χ4n) is 1.52. The monoisotopic (exact) mass is 349 g/mol. The van der Waals surface area contributed by atoms with E-state index in [1.807, 2.05) is 19.0 Å². The molecule has 0 aromatic heterocycles. The molecule has 0 aliphatic carbocycles. The van der Waals surface area contributed by atoms with Crippen LogP contribution >= 0.6 is 0 Å². The Hall–Kier alpha value is -3.13. The van der Waals surface area contributed by atoms with Crippen LogP contribution in [-0.2, 0) is 28.8 Å². The lowest BCUT2D eigenvalue weighted by atomic mass is 10.1. The van der Waals surface area contributed by atoms with Crippen LogP contribution in [-0.4, -0.2) is 45.0 Å². The van der Waals surface area contributed by atoms with Crippen LogP contribution in [0.4, 0.5) is 5.69 Å². The Morgan fingerprint density at radius 3 is 2.36 bits per heavy atom. The third-order valence-electron chi connectivity index (χ3n) is 2.76. The van der Waals surface area contributed by atoms with Gasteiger partial charge in [0.1, 0.15) is 19.5 Å². The minimum absolute atomic E-state index is 0.113. The number of anilines is 1. The molecule has 134 valence electrons. The van der Waals surface area contributed by atoms with Crippen LogP contribution in [0.25, 0.3) is 0 Å². The molecule has 0 amide bonds. The first-order valence-electron chi connectivity index (χ1n) is 7.21. The second-order valence-corrected chi connectivity index (χ2v) is 4.74. The van der Waals surface area contributed by atoms with Gasteiger partial charge in [0.05, 0.1) is 0 Å². The number of nitrogens with zero attached hydrogens (tertiary/aromatic N) is 1. The van der Waals surface area contributed by atoms with E-state index in [0.717, 1.165) is 24.3 Å². The Morgan fingerprint density at radius 2 is 1.76 bits per heavy atom. The van der Waals surface area contributed by atoms with E-state index in [-0.39, 0.29) is 18.8 Å². The minimum Gasteiger partial charge on any atom is -0.457 e. The van der Waals surface area contributed by atoms with Crippen LogP contribution in [0.5, 0.6) is 0 Å². The quantitative estimate of drug-likeness (QED) is 0.0920. The number of Topliss-reactive ketones (excluding diaryl/α,β-unsaturated/α-hetero) is 1. The van der Waals surface area contributed by atoms with E-state index in [9.17, 15) is 14.4 Å². The summed E-state index contributed by atoms with van der Waals surface area (Å²) in [7, 11) is 3.73. The third kappa shape index (κ3) is 7.32. The van der Waals surface area contributed by atoms with Gasteiger partial charge >= 0.3 is 11.9 Å². The summed E-state index contributed by atoms with van der Waals surface area (Å²) in [6, 6.07) is 6.55. The van der Waals surface area contributed by atoms with Crippen molar-refractivity contribution in [2.45, 2.75) is 0 Å². The molecule has 0 saturated carbocycles. The highest BCUT2D eigenvalue weighted by molar-refractivity contribution is 6.40. The van der Waals surface area contributed by atoms with Crippen molar-refractivity contribution in [2.75, 3.05) is 32.2 Å². The highest BCUT2D eigenvalue weighted by atomic mass is 17.2. The molecule has 8 heteroatoms. The number of hydrogen-bond acceptors (Lipinski definition) is 8. The van der Waals surface area contributed by atoms with Gasteiger partial charge in [0.15, 0.2) is 6.26 Å². The molecule has 0 heterocycles. The maximum Gasteiger partial charge on any atom is 0.379 e. The Labute approximate surface area is 145 Å². The molecule has 0 radical (unpaired) electrons. The third-order valence-corrected chi connectivity index (χ3v) is 2.76. The molecule has 25 heavy (non-hydrogen) atoms. The lowest BCUT2D eigenvalue weighted by Gasteiger charge is -2.12. The second-order valence-electron chi connectivity index (χ2n) is 4.74. The number of ether oxygens (including phenoxy) is 2. The Morgan fingerprint density at radius 1 is 1.08 bits per heavy atom. The fourth-order valence-corrected chi connectivity index (χ4v) is 1.52. The smallest absolute Gasteiger partial charge is 0.379 e. The molecule has 0 saturated heterocycles. The average Bonchev–Trinajstić information content (AvgIpc) is 2.62. The standard InChI is InChI=1S/C17H19NO7/c1-4-15(19)22-9-11-24-25-12-10-23-17(21)16(20)13-5-7-14(8-6-13)18(2)3/h4-9,11H,1,10,12H2,2-3H3. The van der Waals surface area contributed by atoms with Gasteiger partial charge in [0.2, 0.25) is 0 Å². The van der Waals surface area contributed by atoms with Crippen LogP contribution in [0.3, 0.4) is 0 Å². The predicted octanol–water partition coefficient (Wildman–Crippen LogP) is 1.63. The molecule has 1 rings (SSSR count). The van der Waals surface area contributed by atoms with Gasteiger partial charge in [0.25, 0.3) is 5.78 Å². The largest absolute Gasteiger partial charge is 0.457 e. The van der Waals surface area contributed by atoms with Crippen LogP contribution in [0.15, 0.2) is 49.4 Å². The second kappa shape index (κ2) is 10.6. The molecular formula is C17H19NO7. The molecule has 0 atom stereocenters. The summed E-state index contributed by atoms with van der Waals surface area (Å²) in [4.78, 5) is 45.2. The molecule has 0 bridgehead atoms. The van der Waals surface area contributed by atoms with Crippen LogP contribution in [0.2, 0.25) is 0 Å². The van der Waals surface area contributed by atoms with E-state index >= 15 is 0 Å². The molecule has 1 aromatic rings. The van der Waals surface area contributed by atoms with Gasteiger partial charge in [0, 0.05) is 31.4 Å². The first-order valence-corrected chi connectivity index (χ1v) is 7.21. The first-order chi connectivity index (χ1) is 12.0. The van der Waals surface area contributed by atoms with Gasteiger partial charge in [-0.15, -0.1) is 0 Å². The van der Waals surface area contributed by atoms with E-state index < -0.39 is 17.7 Å². The summed E-state index contributed by atoms with van der Waals surface area (Å²) < 4.78 is 9.24. The van der Waals surface area contributed by atoms with Gasteiger partial charge in [-0.2, -0.15) is 4.89 Å². The van der Waals surface area contributed by atoms with Crippen molar-refractivity contribution in [1.82, 2.24) is 0 Å². The highest BCUT2D eigenvalue weighted by Crippen LogP contribution is 2.13. The molecule has 0 spiro atoms. The first kappa shape index (κ1) is 19.9. The molecule has 0 unspecified atom stereocenters. The molecule has 1 aromatic carbocycles. The van der Waals surface area contributed by atoms with E-state index in [1.165, 1.54) is 0 Å². The SMILES string of the molecule is C=CC(=O)OC=COOCCOC(=O)C(=O)c1ccc(N(C)C)cc1. The Balaban J connectivity index is 2.26. The average molecular weight is 349 g/mol. The van der Waals surface area contributed by atoms with Crippen molar-refractivity contribution in [2.24, 2.45) is 0 Å². The topological polar surface area (TPSA) is 91.4 Å². The van der Waals surface area contributed by atoms with Gasteiger partial charge in [-0.25, -0.2) is 9.59 Å². The number of esters is 2. The lowest BCUT2D eigenvalue weighted by Crippen LogP contribution is -2.20. The molecule has 0 aliphatic rings. The Kier molecular flexibility index (Phi) is 8.45. The number of benzene rings is 1. The zero-order valence-corrected chi connectivity index (χ0v) is 14.0. The zero-order chi connectivity index (χ0) is 18.7. The lowest BCUT2D eigenvalue weighted by molar-refractivity contribution is -0.255. The van der Waals surface area contributed by atoms with Crippen molar-refractivity contribution in [3.05, 3.63) is 55.0 Å². The van der Waals surface area contributed by atoms with Crippen molar-refractivity contribution in [1.29, 1.82) is 0 Å². The van der Waals surface area contributed by atoms with Gasteiger partial charge in [-0.05, 0) is 24.3 Å². The van der Waals surface area contributed by atoms with Gasteiger partial charge < -0.3 is 19.3 Å². The molecule has 0 fully saturated rings. The number of rotatable bonds is 10. The van der Waals surface area contributed by atoms with E-state index in [1.54, 1.807) is 24.3 Å². The number of carbonyl (C=O) groups is 3. The van der Waals surface area contributed by atoms with Gasteiger partial charge in [-0.1, -0.05) is 6.58 Å². The molecule has 8 nitrogen and oxygen atoms in total. The Bertz CT molecular complexity index is 635. The van der Waals surface area contributed by atoms with Crippen LogP contribution in [0.1, 0.15) is 10.4 Å². The normalized spacial score (nSPS) is 10.2. The maximum absolute atomic E-state index is 11.9. The maximum atomic E-state index is 11.9. The van der Waals surface area contributed by atoms with E-state index in [2.05, 4.69) is 21.1 Å². The number of hydrogen-bond donors (Lipinski definition) is 0. The van der Waals surface area contributed by atoms with Gasteiger partial charge in [-0.3, -0.25) is 4.79 Å². The predicted molar refractivity (Wildman–Crippen MR) is 88.5 cm³/mol. The fraction of sp³-hybridized carbons (Fsp3) is 0.235. The van der Waals surface area contributed by atoms with Crippen LogP contribution < -0.4 is 4.90 Å². The summed E-state index contributed by atoms with van der Waals surface area (Å²) in [5, 5.41) is 0. The molecule has 0 N–H and O–H groups in total. The molecular weight excluding hydrogens is 330 g/mol. The number of carbonyl (C=O) groups excluding carboxylic acids is 3. The van der Waals surface area contributed by atoms with Crippen molar-refractivity contribution in [3.63, 3.8) is 0 Å².